The Kier molecular flexibility index (Phi) is 3.75. The monoisotopic (exact) mass is 243 g/mol. The molecule has 0 saturated heterocycles. The maximum absolute atomic E-state index is 5.90. The van der Waals surface area contributed by atoms with Crippen molar-refractivity contribution in [2.24, 2.45) is 5.73 Å². The molecule has 0 amide bonds. The molecule has 1 aromatic rings. The fourth-order valence-corrected chi connectivity index (χ4v) is 1.55. The van der Waals surface area contributed by atoms with Gasteiger partial charge in [-0.1, -0.05) is 13.0 Å². The first kappa shape index (κ1) is 10.5. The van der Waals surface area contributed by atoms with Crippen molar-refractivity contribution < 1.29 is 4.74 Å². The summed E-state index contributed by atoms with van der Waals surface area (Å²) in [6.07, 6.45) is 0.935. The van der Waals surface area contributed by atoms with Gasteiger partial charge in [-0.25, -0.2) is 0 Å². The molecule has 1 aromatic carbocycles. The average Bonchev–Trinajstić information content (AvgIpc) is 2.17. The Balaban J connectivity index is 2.99. The van der Waals surface area contributed by atoms with E-state index in [2.05, 4.69) is 22.9 Å². The summed E-state index contributed by atoms with van der Waals surface area (Å²) in [5.74, 6) is 0.835. The van der Waals surface area contributed by atoms with Crippen LogP contribution >= 0.6 is 15.9 Å². The Morgan fingerprint density at radius 2 is 2.23 bits per heavy atom. The summed E-state index contributed by atoms with van der Waals surface area (Å²) in [5.41, 5.74) is 7.01. The zero-order valence-corrected chi connectivity index (χ0v) is 9.47. The molecule has 0 spiro atoms. The van der Waals surface area contributed by atoms with E-state index in [9.17, 15) is 0 Å². The van der Waals surface area contributed by atoms with Gasteiger partial charge >= 0.3 is 0 Å². The van der Waals surface area contributed by atoms with E-state index in [1.165, 1.54) is 0 Å². The van der Waals surface area contributed by atoms with E-state index in [1.807, 2.05) is 18.2 Å². The highest BCUT2D eigenvalue weighted by atomic mass is 79.9. The van der Waals surface area contributed by atoms with Gasteiger partial charge in [-0.2, -0.15) is 0 Å². The quantitative estimate of drug-likeness (QED) is 0.887. The van der Waals surface area contributed by atoms with Crippen LogP contribution in [0, 0.1) is 0 Å². The van der Waals surface area contributed by atoms with Crippen LogP contribution in [0.25, 0.3) is 0 Å². The van der Waals surface area contributed by atoms with Crippen molar-refractivity contribution in [2.75, 3.05) is 7.11 Å². The van der Waals surface area contributed by atoms with Crippen molar-refractivity contribution in [2.45, 2.75) is 19.4 Å². The molecule has 0 fully saturated rings. The zero-order valence-electron chi connectivity index (χ0n) is 7.88. The third-order valence-corrected chi connectivity index (χ3v) is 2.70. The maximum Gasteiger partial charge on any atom is 0.133 e. The standard InChI is InChI=1S/C10H14BrNO/c1-3-9(12)7-4-5-8(11)10(6-7)13-2/h4-6,9H,3,12H2,1-2H3/t9-/m0/s1. The van der Waals surface area contributed by atoms with E-state index >= 15 is 0 Å². The van der Waals surface area contributed by atoms with Crippen LogP contribution in [0.4, 0.5) is 0 Å². The summed E-state index contributed by atoms with van der Waals surface area (Å²) >= 11 is 3.40. The lowest BCUT2D eigenvalue weighted by Crippen LogP contribution is -2.08. The van der Waals surface area contributed by atoms with Crippen LogP contribution in [-0.4, -0.2) is 7.11 Å². The smallest absolute Gasteiger partial charge is 0.133 e. The second kappa shape index (κ2) is 4.63. The summed E-state index contributed by atoms with van der Waals surface area (Å²) in [4.78, 5) is 0. The summed E-state index contributed by atoms with van der Waals surface area (Å²) in [7, 11) is 1.65. The highest BCUT2D eigenvalue weighted by molar-refractivity contribution is 9.10. The van der Waals surface area contributed by atoms with E-state index in [1.54, 1.807) is 7.11 Å². The molecule has 0 aliphatic rings. The summed E-state index contributed by atoms with van der Waals surface area (Å²) in [6, 6.07) is 6.05. The zero-order chi connectivity index (χ0) is 9.84. The minimum atomic E-state index is 0.0991. The molecule has 0 heterocycles. The minimum Gasteiger partial charge on any atom is -0.496 e. The van der Waals surface area contributed by atoms with Crippen molar-refractivity contribution in [1.82, 2.24) is 0 Å². The van der Waals surface area contributed by atoms with Gasteiger partial charge in [-0.05, 0) is 40.0 Å². The average molecular weight is 244 g/mol. The molecule has 0 aliphatic heterocycles. The van der Waals surface area contributed by atoms with Gasteiger partial charge in [0.1, 0.15) is 5.75 Å². The second-order valence-corrected chi connectivity index (χ2v) is 3.76. The van der Waals surface area contributed by atoms with Crippen LogP contribution in [0.3, 0.4) is 0 Å². The second-order valence-electron chi connectivity index (χ2n) is 2.91. The Morgan fingerprint density at radius 3 is 2.77 bits per heavy atom. The van der Waals surface area contributed by atoms with Gasteiger partial charge in [0.15, 0.2) is 0 Å². The first-order valence-electron chi connectivity index (χ1n) is 4.28. The molecular formula is C10H14BrNO. The predicted molar refractivity (Wildman–Crippen MR) is 57.9 cm³/mol. The first-order chi connectivity index (χ1) is 6.19. The van der Waals surface area contributed by atoms with Gasteiger partial charge in [-0.15, -0.1) is 0 Å². The van der Waals surface area contributed by atoms with E-state index in [-0.39, 0.29) is 6.04 Å². The summed E-state index contributed by atoms with van der Waals surface area (Å²) in [6.45, 7) is 2.07. The SMILES string of the molecule is CC[C@H](N)c1ccc(Br)c(OC)c1. The molecule has 1 rings (SSSR count). The fourth-order valence-electron chi connectivity index (χ4n) is 1.14. The van der Waals surface area contributed by atoms with Crippen molar-refractivity contribution in [3.8, 4) is 5.75 Å². The number of benzene rings is 1. The van der Waals surface area contributed by atoms with Crippen LogP contribution in [0.2, 0.25) is 0 Å². The van der Waals surface area contributed by atoms with Crippen LogP contribution in [0.15, 0.2) is 22.7 Å². The third kappa shape index (κ3) is 2.45. The van der Waals surface area contributed by atoms with Gasteiger partial charge in [-0.3, -0.25) is 0 Å². The Hall–Kier alpha value is -0.540. The number of rotatable bonds is 3. The Bertz CT molecular complexity index is 288. The Labute approximate surface area is 87.2 Å². The number of hydrogen-bond donors (Lipinski definition) is 1. The summed E-state index contributed by atoms with van der Waals surface area (Å²) < 4.78 is 6.14. The van der Waals surface area contributed by atoms with Crippen molar-refractivity contribution >= 4 is 15.9 Å². The van der Waals surface area contributed by atoms with Gasteiger partial charge < -0.3 is 10.5 Å². The number of nitrogens with two attached hydrogens (primary N) is 1. The molecule has 72 valence electrons. The normalized spacial score (nSPS) is 12.6. The lowest BCUT2D eigenvalue weighted by Gasteiger charge is -2.11. The van der Waals surface area contributed by atoms with Crippen LogP contribution < -0.4 is 10.5 Å². The molecule has 0 bridgehead atoms. The van der Waals surface area contributed by atoms with Crippen LogP contribution in [-0.2, 0) is 0 Å². The van der Waals surface area contributed by atoms with E-state index < -0.39 is 0 Å². The molecule has 0 aliphatic carbocycles. The van der Waals surface area contributed by atoms with Crippen LogP contribution in [0.5, 0.6) is 5.75 Å². The minimum absolute atomic E-state index is 0.0991. The number of methoxy groups -OCH3 is 1. The van der Waals surface area contributed by atoms with E-state index in [4.69, 9.17) is 10.5 Å². The lowest BCUT2D eigenvalue weighted by molar-refractivity contribution is 0.411. The first-order valence-corrected chi connectivity index (χ1v) is 5.07. The van der Waals surface area contributed by atoms with E-state index in [0.717, 1.165) is 22.2 Å². The summed E-state index contributed by atoms with van der Waals surface area (Å²) in [5, 5.41) is 0. The van der Waals surface area contributed by atoms with Gasteiger partial charge in [0.05, 0.1) is 11.6 Å². The maximum atomic E-state index is 5.90. The highest BCUT2D eigenvalue weighted by Gasteiger charge is 2.06. The molecule has 1 atom stereocenters. The topological polar surface area (TPSA) is 35.2 Å². The van der Waals surface area contributed by atoms with Gasteiger partial charge in [0, 0.05) is 6.04 Å². The number of ether oxygens (including phenoxy) is 1. The van der Waals surface area contributed by atoms with Crippen molar-refractivity contribution in [3.05, 3.63) is 28.2 Å². The molecule has 2 nitrogen and oxygen atoms in total. The third-order valence-electron chi connectivity index (χ3n) is 2.04. The van der Waals surface area contributed by atoms with Crippen molar-refractivity contribution in [1.29, 1.82) is 0 Å². The number of halogens is 1. The largest absolute Gasteiger partial charge is 0.496 e. The van der Waals surface area contributed by atoms with E-state index in [0.29, 0.717) is 0 Å². The van der Waals surface area contributed by atoms with Crippen LogP contribution in [0.1, 0.15) is 24.9 Å². The molecule has 0 unspecified atom stereocenters. The van der Waals surface area contributed by atoms with Gasteiger partial charge in [0.2, 0.25) is 0 Å². The molecule has 0 radical (unpaired) electrons. The predicted octanol–water partition coefficient (Wildman–Crippen LogP) is 2.87. The molecule has 2 N–H and O–H groups in total. The Morgan fingerprint density at radius 1 is 1.54 bits per heavy atom. The molecule has 13 heavy (non-hydrogen) atoms. The fraction of sp³-hybridized carbons (Fsp3) is 0.400. The van der Waals surface area contributed by atoms with Crippen molar-refractivity contribution in [3.63, 3.8) is 0 Å². The molecule has 3 heteroatoms. The highest BCUT2D eigenvalue weighted by Crippen LogP contribution is 2.28. The number of hydrogen-bond acceptors (Lipinski definition) is 2. The van der Waals surface area contributed by atoms with Gasteiger partial charge in [0.25, 0.3) is 0 Å². The lowest BCUT2D eigenvalue weighted by atomic mass is 10.1. The molecule has 0 aromatic heterocycles. The molecular weight excluding hydrogens is 230 g/mol. The molecule has 0 saturated carbocycles.